The quantitative estimate of drug-likeness (QED) is 0.660. The molecule has 5 heteroatoms. The molecule has 0 fully saturated rings. The Hall–Kier alpha value is -3.34. The van der Waals surface area contributed by atoms with Gasteiger partial charge in [-0.25, -0.2) is 0 Å². The molecule has 0 bridgehead atoms. The number of hydrogen-bond acceptors (Lipinski definition) is 4. The molecular formula is C21H19NO4. The maximum atomic E-state index is 12.1. The number of aryl methyl sites for hydroxylation is 1. The summed E-state index contributed by atoms with van der Waals surface area (Å²) in [6, 6.07) is 22.1. The molecule has 1 atom stereocenters. The number of nitrogens with two attached hydrogens (primary N) is 1. The average Bonchev–Trinajstić information content (AvgIpc) is 3.15. The fourth-order valence-corrected chi connectivity index (χ4v) is 2.60. The third kappa shape index (κ3) is 4.39. The number of ether oxygens (including phenoxy) is 1. The summed E-state index contributed by atoms with van der Waals surface area (Å²) >= 11 is 0. The van der Waals surface area contributed by atoms with Crippen LogP contribution in [0.5, 0.6) is 0 Å². The number of carbonyl (C=O) groups is 2. The predicted octanol–water partition coefficient (Wildman–Crippen LogP) is 3.65. The van der Waals surface area contributed by atoms with Gasteiger partial charge in [-0.3, -0.25) is 9.59 Å². The zero-order valence-corrected chi connectivity index (χ0v) is 14.1. The number of rotatable bonds is 7. The molecule has 0 saturated heterocycles. The Kier molecular flexibility index (Phi) is 5.49. The van der Waals surface area contributed by atoms with Crippen LogP contribution >= 0.6 is 0 Å². The van der Waals surface area contributed by atoms with Crippen LogP contribution in [0.15, 0.2) is 77.2 Å². The fraction of sp³-hybridized carbons (Fsp3) is 0.143. The Morgan fingerprint density at radius 1 is 0.923 bits per heavy atom. The monoisotopic (exact) mass is 349 g/mol. The Morgan fingerprint density at radius 2 is 1.58 bits per heavy atom. The Morgan fingerprint density at radius 3 is 2.23 bits per heavy atom. The molecule has 1 aromatic heterocycles. The minimum atomic E-state index is -1.08. The molecule has 2 aromatic carbocycles. The van der Waals surface area contributed by atoms with Crippen LogP contribution in [0.2, 0.25) is 0 Å². The van der Waals surface area contributed by atoms with Crippen molar-refractivity contribution in [2.24, 2.45) is 5.73 Å². The van der Waals surface area contributed by atoms with E-state index >= 15 is 0 Å². The van der Waals surface area contributed by atoms with Crippen molar-refractivity contribution in [1.29, 1.82) is 0 Å². The second-order valence-electron chi connectivity index (χ2n) is 5.81. The fourth-order valence-electron chi connectivity index (χ4n) is 2.60. The zero-order valence-electron chi connectivity index (χ0n) is 14.1. The van der Waals surface area contributed by atoms with E-state index in [0.717, 1.165) is 11.3 Å². The van der Waals surface area contributed by atoms with Crippen LogP contribution < -0.4 is 5.73 Å². The summed E-state index contributed by atoms with van der Waals surface area (Å²) in [5.74, 6) is 0.216. The summed E-state index contributed by atoms with van der Waals surface area (Å²) in [6.45, 7) is 0. The van der Waals surface area contributed by atoms with E-state index < -0.39 is 18.0 Å². The summed E-state index contributed by atoms with van der Waals surface area (Å²) in [6.07, 6.45) is -0.607. The SMILES string of the molecule is NC(=O)[C@H](OC(=O)CCc1ccc(-c2ccccc2)o1)c1ccccc1. The van der Waals surface area contributed by atoms with Crippen molar-refractivity contribution in [3.8, 4) is 11.3 Å². The third-order valence-electron chi connectivity index (χ3n) is 3.91. The maximum absolute atomic E-state index is 12.1. The van der Waals surface area contributed by atoms with Gasteiger partial charge in [-0.1, -0.05) is 60.7 Å². The molecule has 5 nitrogen and oxygen atoms in total. The lowest BCUT2D eigenvalue weighted by Crippen LogP contribution is -2.26. The van der Waals surface area contributed by atoms with Crippen molar-refractivity contribution in [3.63, 3.8) is 0 Å². The van der Waals surface area contributed by atoms with Gasteiger partial charge in [0.05, 0.1) is 6.42 Å². The van der Waals surface area contributed by atoms with E-state index in [0.29, 0.717) is 17.7 Å². The molecule has 26 heavy (non-hydrogen) atoms. The maximum Gasteiger partial charge on any atom is 0.307 e. The highest BCUT2D eigenvalue weighted by molar-refractivity contribution is 5.83. The van der Waals surface area contributed by atoms with Crippen molar-refractivity contribution in [2.75, 3.05) is 0 Å². The van der Waals surface area contributed by atoms with Crippen molar-refractivity contribution >= 4 is 11.9 Å². The van der Waals surface area contributed by atoms with Crippen LogP contribution in [0.4, 0.5) is 0 Å². The lowest BCUT2D eigenvalue weighted by molar-refractivity contribution is -0.155. The second kappa shape index (κ2) is 8.16. The molecule has 0 radical (unpaired) electrons. The molecule has 0 spiro atoms. The number of carbonyl (C=O) groups excluding carboxylic acids is 2. The molecule has 2 N–H and O–H groups in total. The van der Waals surface area contributed by atoms with Crippen LogP contribution in [0, 0.1) is 0 Å². The third-order valence-corrected chi connectivity index (χ3v) is 3.91. The predicted molar refractivity (Wildman–Crippen MR) is 96.9 cm³/mol. The van der Waals surface area contributed by atoms with E-state index in [2.05, 4.69) is 0 Å². The number of hydrogen-bond donors (Lipinski definition) is 1. The van der Waals surface area contributed by atoms with Crippen molar-refractivity contribution in [3.05, 3.63) is 84.1 Å². The highest BCUT2D eigenvalue weighted by Crippen LogP contribution is 2.23. The van der Waals surface area contributed by atoms with Crippen LogP contribution in [0.1, 0.15) is 23.8 Å². The molecule has 0 aliphatic heterocycles. The smallest absolute Gasteiger partial charge is 0.307 e. The number of furan rings is 1. The molecule has 3 rings (SSSR count). The zero-order chi connectivity index (χ0) is 18.4. The summed E-state index contributed by atoms with van der Waals surface area (Å²) in [7, 11) is 0. The molecule has 0 aliphatic rings. The normalized spacial score (nSPS) is 11.7. The van der Waals surface area contributed by atoms with Crippen LogP contribution in [0.3, 0.4) is 0 Å². The van der Waals surface area contributed by atoms with E-state index in [9.17, 15) is 9.59 Å². The first-order valence-corrected chi connectivity index (χ1v) is 8.31. The second-order valence-corrected chi connectivity index (χ2v) is 5.81. The van der Waals surface area contributed by atoms with E-state index in [4.69, 9.17) is 14.9 Å². The number of primary amides is 1. The molecular weight excluding hydrogens is 330 g/mol. The molecule has 0 saturated carbocycles. The van der Waals surface area contributed by atoms with E-state index in [-0.39, 0.29) is 6.42 Å². The van der Waals surface area contributed by atoms with E-state index in [1.54, 1.807) is 24.3 Å². The molecule has 3 aromatic rings. The van der Waals surface area contributed by atoms with Crippen LogP contribution in [-0.2, 0) is 20.7 Å². The van der Waals surface area contributed by atoms with Gasteiger partial charge in [0.2, 0.25) is 6.10 Å². The summed E-state index contributed by atoms with van der Waals surface area (Å²) in [4.78, 5) is 23.7. The number of benzene rings is 2. The standard InChI is InChI=1S/C21H19NO4/c22-21(24)20(16-9-5-2-6-10-16)26-19(23)14-12-17-11-13-18(25-17)15-7-3-1-4-8-15/h1-11,13,20H,12,14H2,(H2,22,24)/t20-/m1/s1. The minimum Gasteiger partial charge on any atom is -0.461 e. The highest BCUT2D eigenvalue weighted by Gasteiger charge is 2.22. The largest absolute Gasteiger partial charge is 0.461 e. The van der Waals surface area contributed by atoms with Crippen LogP contribution in [0.25, 0.3) is 11.3 Å². The first-order valence-electron chi connectivity index (χ1n) is 8.31. The molecule has 1 amide bonds. The Bertz CT molecular complexity index is 871. The highest BCUT2D eigenvalue weighted by atomic mass is 16.5. The molecule has 0 unspecified atom stereocenters. The summed E-state index contributed by atoms with van der Waals surface area (Å²) in [5.41, 5.74) is 6.88. The van der Waals surface area contributed by atoms with Gasteiger partial charge in [-0.05, 0) is 12.1 Å². The average molecular weight is 349 g/mol. The van der Waals surface area contributed by atoms with Crippen molar-refractivity contribution in [1.82, 2.24) is 0 Å². The van der Waals surface area contributed by atoms with Gasteiger partial charge in [0.15, 0.2) is 0 Å². The van der Waals surface area contributed by atoms with E-state index in [1.165, 1.54) is 0 Å². The molecule has 132 valence electrons. The van der Waals surface area contributed by atoms with Gasteiger partial charge in [0, 0.05) is 17.5 Å². The molecule has 1 heterocycles. The van der Waals surface area contributed by atoms with Gasteiger partial charge in [-0.15, -0.1) is 0 Å². The summed E-state index contributed by atoms with van der Waals surface area (Å²) in [5, 5.41) is 0. The number of amides is 1. The van der Waals surface area contributed by atoms with Gasteiger partial charge in [0.1, 0.15) is 11.5 Å². The Labute approximate surface area is 151 Å². The topological polar surface area (TPSA) is 82.5 Å². The van der Waals surface area contributed by atoms with Gasteiger partial charge in [0.25, 0.3) is 5.91 Å². The van der Waals surface area contributed by atoms with Crippen molar-refractivity contribution in [2.45, 2.75) is 18.9 Å². The number of esters is 1. The van der Waals surface area contributed by atoms with E-state index in [1.807, 2.05) is 48.5 Å². The lowest BCUT2D eigenvalue weighted by atomic mass is 10.1. The lowest BCUT2D eigenvalue weighted by Gasteiger charge is -2.14. The van der Waals surface area contributed by atoms with Gasteiger partial charge in [-0.2, -0.15) is 0 Å². The van der Waals surface area contributed by atoms with Gasteiger partial charge < -0.3 is 14.9 Å². The summed E-state index contributed by atoms with van der Waals surface area (Å²) < 4.78 is 11.0. The first-order chi connectivity index (χ1) is 12.6. The van der Waals surface area contributed by atoms with Crippen molar-refractivity contribution < 1.29 is 18.7 Å². The first kappa shape index (κ1) is 17.5. The minimum absolute atomic E-state index is 0.0956. The molecule has 0 aliphatic carbocycles. The van der Waals surface area contributed by atoms with Crippen LogP contribution in [-0.4, -0.2) is 11.9 Å². The Balaban J connectivity index is 1.59. The van der Waals surface area contributed by atoms with Gasteiger partial charge >= 0.3 is 5.97 Å².